The lowest BCUT2D eigenvalue weighted by atomic mass is 10.1. The van der Waals surface area contributed by atoms with E-state index in [9.17, 15) is 0 Å². The highest BCUT2D eigenvalue weighted by molar-refractivity contribution is 5.40. The van der Waals surface area contributed by atoms with E-state index in [1.54, 1.807) is 0 Å². The van der Waals surface area contributed by atoms with Crippen LogP contribution in [0.15, 0.2) is 18.2 Å². The molecule has 0 spiro atoms. The normalized spacial score (nSPS) is 16.6. The van der Waals surface area contributed by atoms with Gasteiger partial charge in [0.05, 0.1) is 5.69 Å². The predicted octanol–water partition coefficient (Wildman–Crippen LogP) is 3.74. The van der Waals surface area contributed by atoms with E-state index in [-0.39, 0.29) is 5.54 Å². The highest BCUT2D eigenvalue weighted by Crippen LogP contribution is 2.27. The molecule has 1 heterocycles. The number of nitrogens with zero attached hydrogens (tertiary/aromatic N) is 2. The van der Waals surface area contributed by atoms with E-state index in [1.807, 2.05) is 0 Å². The van der Waals surface area contributed by atoms with Gasteiger partial charge in [0.25, 0.3) is 0 Å². The Balaban J connectivity index is 2.07. The standard InChI is InChI=1S/C17H29N3/c1-5-20(15-10-6-7-11-15)16-12-8-9-14(19-16)13-18-17(2,3)4/h8-9,12,15,18H,5-7,10-11,13H2,1-4H3. The van der Waals surface area contributed by atoms with Crippen LogP contribution in [-0.2, 0) is 6.54 Å². The van der Waals surface area contributed by atoms with E-state index in [0.29, 0.717) is 6.04 Å². The van der Waals surface area contributed by atoms with E-state index in [1.165, 1.54) is 25.7 Å². The molecule has 1 aromatic heterocycles. The molecule has 1 aliphatic rings. The fraction of sp³-hybridized carbons (Fsp3) is 0.706. The van der Waals surface area contributed by atoms with Crippen molar-refractivity contribution < 1.29 is 0 Å². The number of rotatable bonds is 5. The minimum Gasteiger partial charge on any atom is -0.354 e. The summed E-state index contributed by atoms with van der Waals surface area (Å²) in [6.45, 7) is 10.7. The third-order valence-corrected chi connectivity index (χ3v) is 3.99. The second-order valence-corrected chi connectivity index (χ2v) is 6.81. The van der Waals surface area contributed by atoms with Crippen molar-refractivity contribution >= 4 is 5.82 Å². The van der Waals surface area contributed by atoms with E-state index in [2.05, 4.69) is 56.1 Å². The van der Waals surface area contributed by atoms with Crippen LogP contribution in [0.4, 0.5) is 5.82 Å². The Morgan fingerprint density at radius 1 is 1.25 bits per heavy atom. The third kappa shape index (κ3) is 4.20. The van der Waals surface area contributed by atoms with E-state index in [4.69, 9.17) is 4.98 Å². The summed E-state index contributed by atoms with van der Waals surface area (Å²) in [5, 5.41) is 3.51. The number of anilines is 1. The van der Waals surface area contributed by atoms with Gasteiger partial charge in [-0.3, -0.25) is 0 Å². The van der Waals surface area contributed by atoms with Crippen LogP contribution in [0.1, 0.15) is 59.1 Å². The maximum Gasteiger partial charge on any atom is 0.129 e. The molecule has 0 saturated heterocycles. The molecule has 0 aliphatic heterocycles. The number of pyridine rings is 1. The fourth-order valence-corrected chi connectivity index (χ4v) is 2.90. The van der Waals surface area contributed by atoms with Crippen LogP contribution in [0.2, 0.25) is 0 Å². The minimum atomic E-state index is 0.133. The molecule has 0 atom stereocenters. The Labute approximate surface area is 123 Å². The third-order valence-electron chi connectivity index (χ3n) is 3.99. The van der Waals surface area contributed by atoms with Crippen LogP contribution in [0.5, 0.6) is 0 Å². The molecule has 2 rings (SSSR count). The van der Waals surface area contributed by atoms with Gasteiger partial charge in [0.2, 0.25) is 0 Å². The van der Waals surface area contributed by atoms with Crippen molar-refractivity contribution in [3.05, 3.63) is 23.9 Å². The monoisotopic (exact) mass is 275 g/mol. The molecule has 0 amide bonds. The maximum atomic E-state index is 4.86. The SMILES string of the molecule is CCN(c1cccc(CNC(C)(C)C)n1)C1CCCC1. The molecule has 0 aromatic carbocycles. The van der Waals surface area contributed by atoms with Crippen molar-refractivity contribution in [2.45, 2.75) is 71.5 Å². The average Bonchev–Trinajstić information content (AvgIpc) is 2.91. The molecule has 0 unspecified atom stereocenters. The first kappa shape index (κ1) is 15.3. The second kappa shape index (κ2) is 6.57. The van der Waals surface area contributed by atoms with Crippen molar-refractivity contribution in [2.24, 2.45) is 0 Å². The summed E-state index contributed by atoms with van der Waals surface area (Å²) in [6, 6.07) is 7.10. The number of aromatic nitrogens is 1. The summed E-state index contributed by atoms with van der Waals surface area (Å²) in [4.78, 5) is 7.33. The lowest BCUT2D eigenvalue weighted by Gasteiger charge is -2.29. The van der Waals surface area contributed by atoms with Gasteiger partial charge in [0, 0.05) is 24.7 Å². The molecule has 1 saturated carbocycles. The summed E-state index contributed by atoms with van der Waals surface area (Å²) in [5.41, 5.74) is 1.27. The molecule has 1 aromatic rings. The molecular formula is C17H29N3. The summed E-state index contributed by atoms with van der Waals surface area (Å²) < 4.78 is 0. The van der Waals surface area contributed by atoms with Crippen LogP contribution in [0.3, 0.4) is 0 Å². The Hall–Kier alpha value is -1.09. The first-order valence-electron chi connectivity index (χ1n) is 7.97. The van der Waals surface area contributed by atoms with Crippen LogP contribution < -0.4 is 10.2 Å². The molecular weight excluding hydrogens is 246 g/mol. The molecule has 112 valence electrons. The summed E-state index contributed by atoms with van der Waals surface area (Å²) in [7, 11) is 0. The second-order valence-electron chi connectivity index (χ2n) is 6.81. The van der Waals surface area contributed by atoms with Crippen molar-refractivity contribution in [1.29, 1.82) is 0 Å². The van der Waals surface area contributed by atoms with E-state index in [0.717, 1.165) is 24.6 Å². The van der Waals surface area contributed by atoms with E-state index < -0.39 is 0 Å². The largest absolute Gasteiger partial charge is 0.354 e. The van der Waals surface area contributed by atoms with Crippen LogP contribution in [0, 0.1) is 0 Å². The van der Waals surface area contributed by atoms with Gasteiger partial charge >= 0.3 is 0 Å². The van der Waals surface area contributed by atoms with Gasteiger partial charge in [-0.15, -0.1) is 0 Å². The Morgan fingerprint density at radius 2 is 1.95 bits per heavy atom. The number of nitrogens with one attached hydrogen (secondary N) is 1. The highest BCUT2D eigenvalue weighted by atomic mass is 15.2. The Bertz CT molecular complexity index is 416. The summed E-state index contributed by atoms with van der Waals surface area (Å²) >= 11 is 0. The molecule has 1 N–H and O–H groups in total. The zero-order valence-electron chi connectivity index (χ0n) is 13.4. The van der Waals surface area contributed by atoms with Crippen LogP contribution in [0.25, 0.3) is 0 Å². The van der Waals surface area contributed by atoms with Crippen LogP contribution in [-0.4, -0.2) is 23.1 Å². The first-order valence-corrected chi connectivity index (χ1v) is 7.97. The predicted molar refractivity (Wildman–Crippen MR) is 86.1 cm³/mol. The molecule has 3 nitrogen and oxygen atoms in total. The molecule has 20 heavy (non-hydrogen) atoms. The molecule has 1 aliphatic carbocycles. The average molecular weight is 275 g/mol. The Morgan fingerprint density at radius 3 is 2.55 bits per heavy atom. The molecule has 0 bridgehead atoms. The van der Waals surface area contributed by atoms with Crippen LogP contribution >= 0.6 is 0 Å². The van der Waals surface area contributed by atoms with Crippen molar-refractivity contribution in [3.63, 3.8) is 0 Å². The number of hydrogen-bond donors (Lipinski definition) is 1. The molecule has 3 heteroatoms. The van der Waals surface area contributed by atoms with E-state index >= 15 is 0 Å². The Kier molecular flexibility index (Phi) is 5.03. The number of hydrogen-bond acceptors (Lipinski definition) is 3. The van der Waals surface area contributed by atoms with Crippen molar-refractivity contribution in [3.8, 4) is 0 Å². The van der Waals surface area contributed by atoms with Gasteiger partial charge in [0.15, 0.2) is 0 Å². The van der Waals surface area contributed by atoms with Crippen molar-refractivity contribution in [1.82, 2.24) is 10.3 Å². The van der Waals surface area contributed by atoms with Gasteiger partial charge in [0.1, 0.15) is 5.82 Å². The van der Waals surface area contributed by atoms with Gasteiger partial charge in [-0.05, 0) is 52.7 Å². The maximum absolute atomic E-state index is 4.86. The zero-order chi connectivity index (χ0) is 14.6. The minimum absolute atomic E-state index is 0.133. The molecule has 0 radical (unpaired) electrons. The van der Waals surface area contributed by atoms with Gasteiger partial charge in [-0.2, -0.15) is 0 Å². The van der Waals surface area contributed by atoms with Gasteiger partial charge in [-0.1, -0.05) is 18.9 Å². The lowest BCUT2D eigenvalue weighted by Crippen LogP contribution is -2.36. The quantitative estimate of drug-likeness (QED) is 0.887. The summed E-state index contributed by atoms with van der Waals surface area (Å²) in [6.07, 6.45) is 5.37. The lowest BCUT2D eigenvalue weighted by molar-refractivity contribution is 0.421. The highest BCUT2D eigenvalue weighted by Gasteiger charge is 2.22. The topological polar surface area (TPSA) is 28.2 Å². The van der Waals surface area contributed by atoms with Gasteiger partial charge < -0.3 is 10.2 Å². The smallest absolute Gasteiger partial charge is 0.129 e. The first-order chi connectivity index (χ1) is 9.49. The van der Waals surface area contributed by atoms with Crippen molar-refractivity contribution in [2.75, 3.05) is 11.4 Å². The zero-order valence-corrected chi connectivity index (χ0v) is 13.4. The fourth-order valence-electron chi connectivity index (χ4n) is 2.90. The van der Waals surface area contributed by atoms with Gasteiger partial charge in [-0.25, -0.2) is 4.98 Å². The molecule has 1 fully saturated rings. The summed E-state index contributed by atoms with van der Waals surface area (Å²) in [5.74, 6) is 1.15.